The molecule has 5 rings (SSSR count). The molecule has 4 N–H and O–H groups in total. The lowest BCUT2D eigenvalue weighted by Crippen LogP contribution is -2.53. The first-order valence-electron chi connectivity index (χ1n) is 13.4. The maximum atomic E-state index is 14.1. The monoisotopic (exact) mass is 620 g/mol. The summed E-state index contributed by atoms with van der Waals surface area (Å²) in [5.74, 6) is -4.76. The summed E-state index contributed by atoms with van der Waals surface area (Å²) in [7, 11) is -1.92. The third-order valence-corrected chi connectivity index (χ3v) is 11.7. The van der Waals surface area contributed by atoms with Crippen LogP contribution in [0.25, 0.3) is 11.3 Å². The molecular weight excluding hydrogens is 590 g/mol. The first-order valence-corrected chi connectivity index (χ1v) is 15.1. The molecule has 1 aliphatic heterocycles. The second-order valence-electron chi connectivity index (χ2n) is 10.8. The van der Waals surface area contributed by atoms with E-state index in [-0.39, 0.29) is 35.5 Å². The minimum absolute atomic E-state index is 0.0988. The molecule has 0 amide bonds. The maximum Gasteiger partial charge on any atom is 0.418 e. The van der Waals surface area contributed by atoms with Crippen molar-refractivity contribution >= 4 is 10.9 Å². The molecule has 1 saturated heterocycles. The minimum atomic E-state index is -4.79. The van der Waals surface area contributed by atoms with Crippen LogP contribution in [-0.2, 0) is 6.18 Å². The average Bonchev–Trinajstić information content (AvgIpc) is 3.41. The van der Waals surface area contributed by atoms with Gasteiger partial charge in [0.15, 0.2) is 17.5 Å². The molecule has 15 heteroatoms. The molecule has 6 atom stereocenters. The average molecular weight is 621 g/mol. The quantitative estimate of drug-likeness (QED) is 0.161. The summed E-state index contributed by atoms with van der Waals surface area (Å²) in [6.45, 7) is -0.674. The van der Waals surface area contributed by atoms with Gasteiger partial charge in [0.25, 0.3) is 0 Å². The van der Waals surface area contributed by atoms with Gasteiger partial charge in [-0.3, -0.25) is 4.98 Å². The molecule has 2 aliphatic rings. The molecule has 1 saturated carbocycles. The highest BCUT2D eigenvalue weighted by Gasteiger charge is 2.53. The van der Waals surface area contributed by atoms with E-state index in [0.717, 1.165) is 23.2 Å². The first kappa shape index (κ1) is 30.7. The SMILES string of the molecule is OC[C@@H]1[C@H](O)[C@@H](n2cc(-c3cc(F)c(F)c(F)c3)nn2)[C@@H](O)C[SH]1[C@@H](c1ncccc1C(F)(F)F)C1(O)CCCCC1. The van der Waals surface area contributed by atoms with E-state index in [1.807, 2.05) is 0 Å². The van der Waals surface area contributed by atoms with Crippen molar-refractivity contribution < 1.29 is 46.8 Å². The van der Waals surface area contributed by atoms with Crippen LogP contribution in [0, 0.1) is 17.5 Å². The van der Waals surface area contributed by atoms with Crippen LogP contribution in [0.4, 0.5) is 26.3 Å². The van der Waals surface area contributed by atoms with Gasteiger partial charge in [-0.05, 0) is 37.1 Å². The van der Waals surface area contributed by atoms with Gasteiger partial charge in [0.1, 0.15) is 11.7 Å². The standard InChI is InChI=1S/C27H30F6N4O4S/c28-16-9-14(10-17(29)21(16)30)18-11-37(36-35-18)23-19(39)13-42(20(12-38)24(23)40)25(26(41)6-2-1-3-7-26)22-15(27(31,32)33)5-4-8-34-22/h4-5,8-11,19-20,23-25,38-42H,1-3,6-7,12-13H2/t19-,20+,23-,24-,25-/m0/s1. The van der Waals surface area contributed by atoms with Gasteiger partial charge < -0.3 is 20.4 Å². The van der Waals surface area contributed by atoms with Crippen molar-refractivity contribution in [2.24, 2.45) is 0 Å². The summed E-state index contributed by atoms with van der Waals surface area (Å²) in [4.78, 5) is 4.07. The molecular formula is C27H30F6N4O4S. The Morgan fingerprint density at radius 1 is 1.07 bits per heavy atom. The summed E-state index contributed by atoms with van der Waals surface area (Å²) in [6, 6.07) is 2.19. The summed E-state index contributed by atoms with van der Waals surface area (Å²) >= 11 is 0. The Labute approximate surface area is 239 Å². The number of pyridine rings is 1. The Balaban J connectivity index is 1.53. The molecule has 1 aromatic carbocycles. The van der Waals surface area contributed by atoms with Crippen LogP contribution < -0.4 is 0 Å². The molecule has 2 fully saturated rings. The molecule has 3 heterocycles. The van der Waals surface area contributed by atoms with E-state index in [4.69, 9.17) is 0 Å². The Morgan fingerprint density at radius 3 is 2.36 bits per heavy atom. The van der Waals surface area contributed by atoms with Crippen LogP contribution >= 0.6 is 10.9 Å². The number of rotatable bonds is 6. The third kappa shape index (κ3) is 5.64. The van der Waals surface area contributed by atoms with Crippen LogP contribution in [0.15, 0.2) is 36.7 Å². The van der Waals surface area contributed by atoms with Gasteiger partial charge in [0.2, 0.25) is 0 Å². The predicted molar refractivity (Wildman–Crippen MR) is 141 cm³/mol. The fourth-order valence-electron chi connectivity index (χ4n) is 6.24. The number of hydrogen-bond acceptors (Lipinski definition) is 7. The minimum Gasteiger partial charge on any atom is -0.395 e. The normalized spacial score (nSPS) is 28.0. The Hall–Kier alpha value is -2.72. The first-order chi connectivity index (χ1) is 19.9. The van der Waals surface area contributed by atoms with Crippen LogP contribution in [0.3, 0.4) is 0 Å². The van der Waals surface area contributed by atoms with Crippen molar-refractivity contribution in [3.05, 3.63) is 65.4 Å². The van der Waals surface area contributed by atoms with Crippen LogP contribution in [0.2, 0.25) is 0 Å². The number of hydrogen-bond donors (Lipinski definition) is 5. The van der Waals surface area contributed by atoms with Gasteiger partial charge in [-0.1, -0.05) is 24.5 Å². The van der Waals surface area contributed by atoms with Crippen LogP contribution in [0.1, 0.15) is 54.7 Å². The van der Waals surface area contributed by atoms with E-state index in [1.165, 1.54) is 12.4 Å². The summed E-state index contributed by atoms with van der Waals surface area (Å²) < 4.78 is 84.5. The fraction of sp³-hybridized carbons (Fsp3) is 0.519. The zero-order valence-electron chi connectivity index (χ0n) is 22.1. The highest BCUT2D eigenvalue weighted by Crippen LogP contribution is 2.60. The van der Waals surface area contributed by atoms with Gasteiger partial charge in [0.05, 0.1) is 47.1 Å². The number of nitrogens with zero attached hydrogens (tertiary/aromatic N) is 4. The van der Waals surface area contributed by atoms with E-state index in [0.29, 0.717) is 25.0 Å². The van der Waals surface area contributed by atoms with Crippen molar-refractivity contribution in [2.45, 2.75) is 72.6 Å². The number of thiol groups is 1. The lowest BCUT2D eigenvalue weighted by atomic mass is 9.80. The van der Waals surface area contributed by atoms with Crippen molar-refractivity contribution in [2.75, 3.05) is 12.4 Å². The maximum absolute atomic E-state index is 14.1. The number of halogens is 6. The molecule has 0 bridgehead atoms. The van der Waals surface area contributed by atoms with E-state index in [2.05, 4.69) is 15.3 Å². The number of aromatic nitrogens is 4. The zero-order valence-corrected chi connectivity index (χ0v) is 23.0. The summed E-state index contributed by atoms with van der Waals surface area (Å²) in [5, 5.41) is 50.4. The van der Waals surface area contributed by atoms with Crippen LogP contribution in [-0.4, -0.2) is 75.8 Å². The second kappa shape index (κ2) is 11.8. The Morgan fingerprint density at radius 2 is 1.74 bits per heavy atom. The smallest absolute Gasteiger partial charge is 0.395 e. The third-order valence-electron chi connectivity index (χ3n) is 8.21. The highest BCUT2D eigenvalue weighted by molar-refractivity contribution is 8.18. The molecule has 0 spiro atoms. The summed E-state index contributed by atoms with van der Waals surface area (Å²) in [6.07, 6.45) is -3.10. The zero-order chi connectivity index (χ0) is 30.4. The largest absolute Gasteiger partial charge is 0.418 e. The van der Waals surface area contributed by atoms with Gasteiger partial charge in [-0.25, -0.2) is 28.7 Å². The second-order valence-corrected chi connectivity index (χ2v) is 13.4. The van der Waals surface area contributed by atoms with Gasteiger partial charge in [-0.15, -0.1) is 5.10 Å². The van der Waals surface area contributed by atoms with Gasteiger partial charge >= 0.3 is 6.18 Å². The number of benzene rings is 1. The van der Waals surface area contributed by atoms with Gasteiger partial charge in [-0.2, -0.15) is 13.2 Å². The Bertz CT molecular complexity index is 1400. The molecule has 1 aliphatic carbocycles. The topological polar surface area (TPSA) is 125 Å². The number of aliphatic hydroxyl groups is 4. The van der Waals surface area contributed by atoms with Crippen LogP contribution in [0.5, 0.6) is 0 Å². The molecule has 3 aromatic rings. The molecule has 8 nitrogen and oxygen atoms in total. The molecule has 230 valence electrons. The number of aliphatic hydroxyl groups excluding tert-OH is 3. The lowest BCUT2D eigenvalue weighted by Gasteiger charge is -2.52. The van der Waals surface area contributed by atoms with E-state index >= 15 is 0 Å². The molecule has 42 heavy (non-hydrogen) atoms. The number of alkyl halides is 3. The van der Waals surface area contributed by atoms with Crippen molar-refractivity contribution in [3.63, 3.8) is 0 Å². The van der Waals surface area contributed by atoms with Crippen molar-refractivity contribution in [1.82, 2.24) is 20.0 Å². The van der Waals surface area contributed by atoms with E-state index < -0.39 is 81.0 Å². The van der Waals surface area contributed by atoms with Gasteiger partial charge in [0, 0.05) is 22.8 Å². The summed E-state index contributed by atoms with van der Waals surface area (Å²) in [5.41, 5.74) is -3.29. The highest BCUT2D eigenvalue weighted by atomic mass is 32.2. The lowest BCUT2D eigenvalue weighted by molar-refractivity contribution is -0.139. The van der Waals surface area contributed by atoms with E-state index in [9.17, 15) is 46.8 Å². The molecule has 1 unspecified atom stereocenters. The molecule has 0 radical (unpaired) electrons. The fourth-order valence-corrected chi connectivity index (χ4v) is 9.93. The van der Waals surface area contributed by atoms with Crippen molar-refractivity contribution in [1.29, 1.82) is 0 Å². The predicted octanol–water partition coefficient (Wildman–Crippen LogP) is 3.85. The Kier molecular flexibility index (Phi) is 8.60. The van der Waals surface area contributed by atoms with Crippen molar-refractivity contribution in [3.8, 4) is 11.3 Å². The molecule has 2 aromatic heterocycles. The van der Waals surface area contributed by atoms with E-state index in [1.54, 1.807) is 0 Å².